The van der Waals surface area contributed by atoms with Crippen LogP contribution in [0.3, 0.4) is 0 Å². The normalized spacial score (nSPS) is 41.1. The third kappa shape index (κ3) is 0.910. The molecule has 0 N–H and O–H groups in total. The van der Waals surface area contributed by atoms with Crippen molar-refractivity contribution in [2.75, 3.05) is 6.54 Å². The maximum Gasteiger partial charge on any atom is 0.237 e. The van der Waals surface area contributed by atoms with Crippen LogP contribution in [0.4, 0.5) is 0 Å². The fourth-order valence-electron chi connectivity index (χ4n) is 2.61. The Hall–Kier alpha value is -1.60. The lowest BCUT2D eigenvalue weighted by Gasteiger charge is -2.13. The van der Waals surface area contributed by atoms with Gasteiger partial charge < -0.3 is 4.74 Å². The van der Waals surface area contributed by atoms with Crippen molar-refractivity contribution in [1.82, 2.24) is 4.90 Å². The molecule has 76 valence electrons. The van der Waals surface area contributed by atoms with E-state index >= 15 is 0 Å². The van der Waals surface area contributed by atoms with Gasteiger partial charge in [0.15, 0.2) is 0 Å². The van der Waals surface area contributed by atoms with E-state index in [1.165, 1.54) is 4.90 Å². The van der Waals surface area contributed by atoms with Crippen LogP contribution in [0.1, 0.15) is 0 Å². The fourth-order valence-corrected chi connectivity index (χ4v) is 2.61. The first-order valence-electron chi connectivity index (χ1n) is 4.86. The first-order valence-corrected chi connectivity index (χ1v) is 4.86. The van der Waals surface area contributed by atoms with Gasteiger partial charge in [-0.2, -0.15) is 0 Å². The second-order valence-corrected chi connectivity index (χ2v) is 3.97. The van der Waals surface area contributed by atoms with Crippen LogP contribution in [0.2, 0.25) is 0 Å². The Morgan fingerprint density at radius 2 is 1.80 bits per heavy atom. The number of amides is 2. The summed E-state index contributed by atoms with van der Waals surface area (Å²) in [5.74, 6) is 1.31. The van der Waals surface area contributed by atoms with Crippen molar-refractivity contribution in [3.05, 3.63) is 12.2 Å². The van der Waals surface area contributed by atoms with Gasteiger partial charge in [0.25, 0.3) is 0 Å². The number of imide groups is 1. The van der Waals surface area contributed by atoms with E-state index in [9.17, 15) is 9.59 Å². The molecule has 0 saturated carbocycles. The molecular formula is C11H9NO3. The van der Waals surface area contributed by atoms with Crippen molar-refractivity contribution in [2.24, 2.45) is 11.8 Å². The maximum atomic E-state index is 11.9. The summed E-state index contributed by atoms with van der Waals surface area (Å²) in [7, 11) is 0. The van der Waals surface area contributed by atoms with E-state index < -0.39 is 0 Å². The second-order valence-electron chi connectivity index (χ2n) is 3.97. The molecule has 15 heavy (non-hydrogen) atoms. The van der Waals surface area contributed by atoms with E-state index in [2.05, 4.69) is 5.92 Å². The Kier molecular flexibility index (Phi) is 1.57. The minimum atomic E-state index is -0.333. The molecule has 2 fully saturated rings. The summed E-state index contributed by atoms with van der Waals surface area (Å²) in [5.41, 5.74) is 0. The molecule has 3 aliphatic rings. The van der Waals surface area contributed by atoms with E-state index in [1.807, 2.05) is 12.2 Å². The largest absolute Gasteiger partial charge is 0.365 e. The molecule has 0 aromatic carbocycles. The van der Waals surface area contributed by atoms with Gasteiger partial charge >= 0.3 is 0 Å². The molecule has 4 atom stereocenters. The highest BCUT2D eigenvalue weighted by Crippen LogP contribution is 2.44. The van der Waals surface area contributed by atoms with Crippen molar-refractivity contribution in [2.45, 2.75) is 12.2 Å². The number of fused-ring (bicyclic) bond motifs is 5. The summed E-state index contributed by atoms with van der Waals surface area (Å²) in [4.78, 5) is 24.9. The van der Waals surface area contributed by atoms with E-state index in [1.54, 1.807) is 0 Å². The lowest BCUT2D eigenvalue weighted by atomic mass is 9.85. The number of hydrogen-bond acceptors (Lipinski definition) is 3. The van der Waals surface area contributed by atoms with Crippen LogP contribution in [-0.2, 0) is 14.3 Å². The Bertz CT molecular complexity index is 390. The molecule has 0 radical (unpaired) electrons. The summed E-state index contributed by atoms with van der Waals surface area (Å²) in [6, 6.07) is 0. The van der Waals surface area contributed by atoms with E-state index in [-0.39, 0.29) is 42.4 Å². The Morgan fingerprint density at radius 1 is 1.27 bits per heavy atom. The first-order chi connectivity index (χ1) is 7.24. The van der Waals surface area contributed by atoms with Crippen LogP contribution in [-0.4, -0.2) is 35.5 Å². The van der Waals surface area contributed by atoms with Crippen molar-refractivity contribution in [1.29, 1.82) is 0 Å². The van der Waals surface area contributed by atoms with Gasteiger partial charge in [0.05, 0.1) is 30.6 Å². The number of rotatable bonds is 1. The molecule has 2 amide bonds. The summed E-state index contributed by atoms with van der Waals surface area (Å²) < 4.78 is 5.48. The van der Waals surface area contributed by atoms with Crippen LogP contribution < -0.4 is 0 Å². The van der Waals surface area contributed by atoms with E-state index in [0.717, 1.165) is 0 Å². The highest BCUT2D eigenvalue weighted by atomic mass is 16.5. The fraction of sp³-hybridized carbons (Fsp3) is 0.455. The number of likely N-dealkylation sites (tertiary alicyclic amines) is 1. The van der Waals surface area contributed by atoms with Gasteiger partial charge in [-0.3, -0.25) is 14.5 Å². The molecule has 0 aromatic rings. The first kappa shape index (κ1) is 8.69. The molecular weight excluding hydrogens is 194 g/mol. The number of nitrogens with zero attached hydrogens (tertiary/aromatic N) is 1. The number of terminal acetylenes is 1. The molecule has 2 bridgehead atoms. The third-order valence-corrected chi connectivity index (χ3v) is 3.25. The van der Waals surface area contributed by atoms with E-state index in [0.29, 0.717) is 0 Å². The van der Waals surface area contributed by atoms with Gasteiger partial charge in [0, 0.05) is 0 Å². The number of hydrogen-bond donors (Lipinski definition) is 0. The monoisotopic (exact) mass is 203 g/mol. The van der Waals surface area contributed by atoms with Crippen LogP contribution >= 0.6 is 0 Å². The average Bonchev–Trinajstić information content (AvgIpc) is 2.87. The summed E-state index contributed by atoms with van der Waals surface area (Å²) in [6.45, 7) is 0.0735. The Morgan fingerprint density at radius 3 is 2.27 bits per heavy atom. The molecule has 2 saturated heterocycles. The highest BCUT2D eigenvalue weighted by Gasteiger charge is 2.60. The minimum Gasteiger partial charge on any atom is -0.365 e. The van der Waals surface area contributed by atoms with Crippen LogP contribution in [0.5, 0.6) is 0 Å². The van der Waals surface area contributed by atoms with Gasteiger partial charge in [-0.15, -0.1) is 6.42 Å². The van der Waals surface area contributed by atoms with Crippen molar-refractivity contribution >= 4 is 11.8 Å². The zero-order valence-corrected chi connectivity index (χ0v) is 7.92. The third-order valence-electron chi connectivity index (χ3n) is 3.25. The molecule has 3 aliphatic heterocycles. The molecule has 0 unspecified atom stereocenters. The topological polar surface area (TPSA) is 46.6 Å². The molecule has 3 heterocycles. The van der Waals surface area contributed by atoms with Crippen molar-refractivity contribution < 1.29 is 14.3 Å². The average molecular weight is 203 g/mol. The van der Waals surface area contributed by atoms with Crippen molar-refractivity contribution in [3.63, 3.8) is 0 Å². The molecule has 0 aliphatic carbocycles. The van der Waals surface area contributed by atoms with Crippen LogP contribution in [0.25, 0.3) is 0 Å². The number of carbonyl (C=O) groups is 2. The van der Waals surface area contributed by atoms with Gasteiger partial charge in [0.1, 0.15) is 0 Å². The molecule has 0 aromatic heterocycles. The zero-order chi connectivity index (χ0) is 10.6. The smallest absolute Gasteiger partial charge is 0.237 e. The van der Waals surface area contributed by atoms with E-state index in [4.69, 9.17) is 11.2 Å². The zero-order valence-electron chi connectivity index (χ0n) is 7.92. The van der Waals surface area contributed by atoms with Gasteiger partial charge in [-0.05, 0) is 0 Å². The lowest BCUT2D eigenvalue weighted by molar-refractivity contribution is -0.141. The standard InChI is InChI=1S/C11H9NO3/c1-2-5-12-10(13)8-6-3-4-7(15-6)9(8)11(12)14/h1,3-4,6-9H,5H2/t6-,7+,8+,9-. The predicted molar refractivity (Wildman–Crippen MR) is 50.3 cm³/mol. The quantitative estimate of drug-likeness (QED) is 0.329. The van der Waals surface area contributed by atoms with Crippen LogP contribution in [0, 0.1) is 24.2 Å². The molecule has 3 rings (SSSR count). The maximum absolute atomic E-state index is 11.9. The molecule has 4 heteroatoms. The minimum absolute atomic E-state index is 0.0735. The van der Waals surface area contributed by atoms with Crippen molar-refractivity contribution in [3.8, 4) is 12.3 Å². The Labute approximate surface area is 86.9 Å². The highest BCUT2D eigenvalue weighted by molar-refractivity contribution is 6.06. The number of ether oxygens (including phenoxy) is 1. The SMILES string of the molecule is C#CCN1C(=O)[C@@H]2[C@H](C1=O)[C@@H]1C=C[C@H]2O1. The Balaban J connectivity index is 1.97. The van der Waals surface area contributed by atoms with Crippen LogP contribution in [0.15, 0.2) is 12.2 Å². The predicted octanol–water partition coefficient (Wildman–Crippen LogP) is -0.442. The summed E-state index contributed by atoms with van der Waals surface area (Å²) in [5, 5.41) is 0. The molecule has 4 nitrogen and oxygen atoms in total. The molecule has 0 spiro atoms. The summed E-state index contributed by atoms with van der Waals surface area (Å²) >= 11 is 0. The number of carbonyl (C=O) groups excluding carboxylic acids is 2. The summed E-state index contributed by atoms with van der Waals surface area (Å²) in [6.07, 6.45) is 8.39. The lowest BCUT2D eigenvalue weighted by Crippen LogP contribution is -2.34. The van der Waals surface area contributed by atoms with Gasteiger partial charge in [-0.1, -0.05) is 18.1 Å². The second kappa shape index (κ2) is 2.71. The van der Waals surface area contributed by atoms with Gasteiger partial charge in [-0.25, -0.2) is 0 Å². The van der Waals surface area contributed by atoms with Gasteiger partial charge in [0.2, 0.25) is 11.8 Å².